The van der Waals surface area contributed by atoms with Gasteiger partial charge in [-0.05, 0) is 29.8 Å². The molecule has 0 bridgehead atoms. The summed E-state index contributed by atoms with van der Waals surface area (Å²) in [5.74, 6) is -0.805. The van der Waals surface area contributed by atoms with E-state index in [9.17, 15) is 14.4 Å². The van der Waals surface area contributed by atoms with Crippen molar-refractivity contribution in [2.75, 3.05) is 12.4 Å². The first-order valence-corrected chi connectivity index (χ1v) is 8.00. The number of nitrogens with one attached hydrogen (secondary N) is 2. The van der Waals surface area contributed by atoms with Gasteiger partial charge in [0.1, 0.15) is 11.8 Å². The number of anilines is 1. The van der Waals surface area contributed by atoms with Gasteiger partial charge in [-0.25, -0.2) is 0 Å². The first-order chi connectivity index (χ1) is 12.4. The van der Waals surface area contributed by atoms with Gasteiger partial charge >= 0.3 is 0 Å². The van der Waals surface area contributed by atoms with Crippen LogP contribution in [0.15, 0.2) is 48.5 Å². The van der Waals surface area contributed by atoms with Crippen molar-refractivity contribution in [1.29, 1.82) is 0 Å². The largest absolute Gasteiger partial charge is 0.497 e. The maximum absolute atomic E-state index is 12.6. The molecule has 0 heterocycles. The predicted molar refractivity (Wildman–Crippen MR) is 97.9 cm³/mol. The Labute approximate surface area is 151 Å². The van der Waals surface area contributed by atoms with Crippen LogP contribution in [0.1, 0.15) is 22.8 Å². The summed E-state index contributed by atoms with van der Waals surface area (Å²) in [6, 6.07) is 12.8. The van der Waals surface area contributed by atoms with Crippen molar-refractivity contribution in [1.82, 2.24) is 5.32 Å². The molecule has 0 aliphatic carbocycles. The average molecular weight is 355 g/mol. The summed E-state index contributed by atoms with van der Waals surface area (Å²) in [7, 11) is 1.55. The molecule has 0 fully saturated rings. The zero-order chi connectivity index (χ0) is 19.1. The second kappa shape index (κ2) is 8.66. The minimum atomic E-state index is -0.903. The fourth-order valence-electron chi connectivity index (χ4n) is 2.47. The van der Waals surface area contributed by atoms with Gasteiger partial charge in [0.25, 0.3) is 5.91 Å². The zero-order valence-electron chi connectivity index (χ0n) is 14.6. The van der Waals surface area contributed by atoms with Crippen LogP contribution in [0.5, 0.6) is 5.75 Å². The van der Waals surface area contributed by atoms with E-state index in [4.69, 9.17) is 10.5 Å². The van der Waals surface area contributed by atoms with Gasteiger partial charge < -0.3 is 21.1 Å². The molecular weight excluding hydrogens is 334 g/mol. The van der Waals surface area contributed by atoms with E-state index < -0.39 is 17.9 Å². The van der Waals surface area contributed by atoms with E-state index in [1.54, 1.807) is 49.6 Å². The molecule has 2 aromatic carbocycles. The van der Waals surface area contributed by atoms with Crippen molar-refractivity contribution in [2.24, 2.45) is 5.73 Å². The third kappa shape index (κ3) is 5.07. The maximum atomic E-state index is 12.6. The lowest BCUT2D eigenvalue weighted by Crippen LogP contribution is -2.46. The molecule has 7 nitrogen and oxygen atoms in total. The molecule has 1 atom stereocenters. The Morgan fingerprint density at radius 2 is 1.85 bits per heavy atom. The van der Waals surface area contributed by atoms with Crippen molar-refractivity contribution in [3.8, 4) is 5.75 Å². The van der Waals surface area contributed by atoms with Crippen molar-refractivity contribution >= 4 is 23.4 Å². The minimum Gasteiger partial charge on any atom is -0.497 e. The standard InChI is InChI=1S/C19H21N3O4/c1-12(23)21-16-9-4-3-8-15(16)19(25)22-17(18(20)24)11-13-6-5-7-14(10-13)26-2/h3-10,17H,11H2,1-2H3,(H2,20,24)(H,21,23)(H,22,25)/t17-/m1/s1. The fourth-order valence-corrected chi connectivity index (χ4v) is 2.47. The molecule has 0 aliphatic heterocycles. The summed E-state index contributed by atoms with van der Waals surface area (Å²) in [4.78, 5) is 35.7. The number of nitrogens with two attached hydrogens (primary N) is 1. The Balaban J connectivity index is 2.18. The quantitative estimate of drug-likeness (QED) is 0.698. The molecule has 0 unspecified atom stereocenters. The molecule has 0 aromatic heterocycles. The lowest BCUT2D eigenvalue weighted by Gasteiger charge is -2.17. The van der Waals surface area contributed by atoms with E-state index in [0.717, 1.165) is 5.56 Å². The number of carbonyl (C=O) groups is 3. The summed E-state index contributed by atoms with van der Waals surface area (Å²) in [6.45, 7) is 1.35. The van der Waals surface area contributed by atoms with Gasteiger partial charge in [-0.15, -0.1) is 0 Å². The third-order valence-corrected chi connectivity index (χ3v) is 3.71. The highest BCUT2D eigenvalue weighted by atomic mass is 16.5. The Morgan fingerprint density at radius 1 is 1.12 bits per heavy atom. The first-order valence-electron chi connectivity index (χ1n) is 8.00. The van der Waals surface area contributed by atoms with Gasteiger partial charge in [0.2, 0.25) is 11.8 Å². The molecule has 0 saturated heterocycles. The number of benzene rings is 2. The van der Waals surface area contributed by atoms with Crippen LogP contribution in [-0.4, -0.2) is 30.9 Å². The fraction of sp³-hybridized carbons (Fsp3) is 0.211. The van der Waals surface area contributed by atoms with Crippen molar-refractivity contribution in [3.05, 3.63) is 59.7 Å². The van der Waals surface area contributed by atoms with Crippen molar-refractivity contribution < 1.29 is 19.1 Å². The molecule has 0 radical (unpaired) electrons. The maximum Gasteiger partial charge on any atom is 0.254 e. The summed E-state index contributed by atoms with van der Waals surface area (Å²) in [5, 5.41) is 5.22. The zero-order valence-corrected chi connectivity index (χ0v) is 14.6. The summed E-state index contributed by atoms with van der Waals surface area (Å²) >= 11 is 0. The number of hydrogen-bond acceptors (Lipinski definition) is 4. The van der Waals surface area contributed by atoms with Crippen LogP contribution in [0.3, 0.4) is 0 Å². The summed E-state index contributed by atoms with van der Waals surface area (Å²) in [5.41, 5.74) is 6.85. The topological polar surface area (TPSA) is 111 Å². The van der Waals surface area contributed by atoms with E-state index in [0.29, 0.717) is 11.4 Å². The number of hydrogen-bond donors (Lipinski definition) is 3. The van der Waals surface area contributed by atoms with Gasteiger partial charge in [-0.2, -0.15) is 0 Å². The summed E-state index contributed by atoms with van der Waals surface area (Å²) < 4.78 is 5.16. The van der Waals surface area contributed by atoms with Crippen molar-refractivity contribution in [3.63, 3.8) is 0 Å². The SMILES string of the molecule is COc1cccc(C[C@@H](NC(=O)c2ccccc2NC(C)=O)C(N)=O)c1. The lowest BCUT2D eigenvalue weighted by molar-refractivity contribution is -0.119. The number of rotatable bonds is 7. The normalized spacial score (nSPS) is 11.3. The van der Waals surface area contributed by atoms with Gasteiger partial charge in [0.15, 0.2) is 0 Å². The monoisotopic (exact) mass is 355 g/mol. The first kappa shape index (κ1) is 19.0. The lowest BCUT2D eigenvalue weighted by atomic mass is 10.0. The van der Waals surface area contributed by atoms with E-state index in [1.807, 2.05) is 6.07 Å². The molecular formula is C19H21N3O4. The second-order valence-corrected chi connectivity index (χ2v) is 5.71. The molecule has 26 heavy (non-hydrogen) atoms. The minimum absolute atomic E-state index is 0.223. The van der Waals surface area contributed by atoms with Gasteiger partial charge in [0, 0.05) is 13.3 Å². The number of methoxy groups -OCH3 is 1. The van der Waals surface area contributed by atoms with Crippen LogP contribution in [0.25, 0.3) is 0 Å². The number of ether oxygens (including phenoxy) is 1. The van der Waals surface area contributed by atoms with Crippen LogP contribution in [0.4, 0.5) is 5.69 Å². The van der Waals surface area contributed by atoms with Crippen LogP contribution in [-0.2, 0) is 16.0 Å². The molecule has 3 amide bonds. The van der Waals surface area contributed by atoms with Crippen LogP contribution >= 0.6 is 0 Å². The molecule has 7 heteroatoms. The predicted octanol–water partition coefficient (Wildman–Crippen LogP) is 1.48. The Hall–Kier alpha value is -3.35. The number of para-hydroxylation sites is 1. The van der Waals surface area contributed by atoms with Gasteiger partial charge in [-0.3, -0.25) is 14.4 Å². The third-order valence-electron chi connectivity index (χ3n) is 3.71. The molecule has 4 N–H and O–H groups in total. The van der Waals surface area contributed by atoms with Crippen LogP contribution < -0.4 is 21.1 Å². The van der Waals surface area contributed by atoms with E-state index in [2.05, 4.69) is 10.6 Å². The highest BCUT2D eigenvalue weighted by Crippen LogP contribution is 2.17. The van der Waals surface area contributed by atoms with E-state index in [-0.39, 0.29) is 17.9 Å². The highest BCUT2D eigenvalue weighted by molar-refractivity contribution is 6.04. The van der Waals surface area contributed by atoms with Gasteiger partial charge in [-0.1, -0.05) is 24.3 Å². The number of carbonyl (C=O) groups excluding carboxylic acids is 3. The molecule has 0 spiro atoms. The Morgan fingerprint density at radius 3 is 2.50 bits per heavy atom. The molecule has 136 valence electrons. The number of primary amides is 1. The Kier molecular flexibility index (Phi) is 6.32. The highest BCUT2D eigenvalue weighted by Gasteiger charge is 2.21. The van der Waals surface area contributed by atoms with Crippen LogP contribution in [0.2, 0.25) is 0 Å². The van der Waals surface area contributed by atoms with E-state index in [1.165, 1.54) is 6.92 Å². The molecule has 2 aromatic rings. The number of amides is 3. The molecule has 0 aliphatic rings. The van der Waals surface area contributed by atoms with Crippen molar-refractivity contribution in [2.45, 2.75) is 19.4 Å². The van der Waals surface area contributed by atoms with E-state index >= 15 is 0 Å². The van der Waals surface area contributed by atoms with Gasteiger partial charge in [0.05, 0.1) is 18.4 Å². The summed E-state index contributed by atoms with van der Waals surface area (Å²) in [6.07, 6.45) is 0.223. The average Bonchev–Trinajstić information content (AvgIpc) is 2.61. The smallest absolute Gasteiger partial charge is 0.254 e. The van der Waals surface area contributed by atoms with Crippen LogP contribution in [0, 0.1) is 0 Å². The molecule has 2 rings (SSSR count). The Bertz CT molecular complexity index is 820. The second-order valence-electron chi connectivity index (χ2n) is 5.71. The molecule has 0 saturated carbocycles.